The van der Waals surface area contributed by atoms with Gasteiger partial charge in [0.1, 0.15) is 12.4 Å². The first kappa shape index (κ1) is 54.3. The molecule has 0 saturated heterocycles. The number of hydrogen-bond acceptors (Lipinski definition) is 6. The highest BCUT2D eigenvalue weighted by atomic mass is 16.6. The molecule has 7 heteroatoms. The summed E-state index contributed by atoms with van der Waals surface area (Å²) in [6.45, 7) is 9.82. The van der Waals surface area contributed by atoms with Crippen molar-refractivity contribution in [2.24, 2.45) is 0 Å². The lowest BCUT2D eigenvalue weighted by molar-refractivity contribution is -0.385. The Bertz CT molecular complexity index is 1650. The van der Waals surface area contributed by atoms with Crippen molar-refractivity contribution in [3.05, 3.63) is 69.3 Å². The Kier molecular flexibility index (Phi) is 26.4. The van der Waals surface area contributed by atoms with Crippen LogP contribution in [0.15, 0.2) is 42.5 Å². The maximum absolute atomic E-state index is 13.0. The number of carbonyl (C=O) groups is 1. The molecule has 2 aromatic rings. The summed E-state index contributed by atoms with van der Waals surface area (Å²) in [5.41, 5.74) is 2.30. The fourth-order valence-electron chi connectivity index (χ4n) is 10.5. The molecule has 2 aliphatic heterocycles. The van der Waals surface area contributed by atoms with Crippen molar-refractivity contribution >= 4 is 23.4 Å². The number of para-hydroxylation sites is 1. The number of anilines is 1. The van der Waals surface area contributed by atoms with Gasteiger partial charge in [-0.1, -0.05) is 238 Å². The van der Waals surface area contributed by atoms with Crippen LogP contribution in [0.5, 0.6) is 5.75 Å². The molecule has 65 heavy (non-hydrogen) atoms. The fourth-order valence-corrected chi connectivity index (χ4v) is 10.5. The lowest BCUT2D eigenvalue weighted by atomic mass is 9.76. The summed E-state index contributed by atoms with van der Waals surface area (Å²) in [4.78, 5) is 27.2. The van der Waals surface area contributed by atoms with E-state index in [1.54, 1.807) is 6.07 Å². The molecule has 0 radical (unpaired) electrons. The number of nitro benzene ring substituents is 1. The monoisotopic (exact) mass is 899 g/mol. The van der Waals surface area contributed by atoms with Crippen LogP contribution in [0.25, 0.3) is 6.08 Å². The van der Waals surface area contributed by atoms with E-state index in [1.807, 2.05) is 6.08 Å². The van der Waals surface area contributed by atoms with Crippen LogP contribution in [0.2, 0.25) is 0 Å². The van der Waals surface area contributed by atoms with Gasteiger partial charge < -0.3 is 14.4 Å². The molecule has 2 aliphatic rings. The molecule has 0 amide bonds. The molecule has 2 heterocycles. The summed E-state index contributed by atoms with van der Waals surface area (Å²) in [5, 5.41) is 12.1. The highest BCUT2D eigenvalue weighted by Crippen LogP contribution is 2.55. The molecule has 0 N–H and O–H groups in total. The van der Waals surface area contributed by atoms with Gasteiger partial charge in [0.05, 0.1) is 10.3 Å². The molecule has 0 fully saturated rings. The molecule has 366 valence electrons. The summed E-state index contributed by atoms with van der Waals surface area (Å²) >= 11 is 0. The van der Waals surface area contributed by atoms with Crippen LogP contribution in [0, 0.1) is 10.1 Å². The number of unbranched alkanes of at least 4 members (excludes halogenated alkanes) is 32. The smallest absolute Gasteiger partial charge is 0.306 e. The average molecular weight is 899 g/mol. The predicted molar refractivity (Wildman–Crippen MR) is 275 cm³/mol. The Labute approximate surface area is 397 Å². The molecule has 1 atom stereocenters. The van der Waals surface area contributed by atoms with E-state index < -0.39 is 11.1 Å². The van der Waals surface area contributed by atoms with E-state index in [9.17, 15) is 14.9 Å². The molecule has 4 rings (SSSR count). The third-order valence-corrected chi connectivity index (χ3v) is 14.7. The van der Waals surface area contributed by atoms with E-state index >= 15 is 0 Å². The molecule has 0 aliphatic carbocycles. The molecular weight excluding hydrogens is 805 g/mol. The third kappa shape index (κ3) is 18.3. The van der Waals surface area contributed by atoms with Gasteiger partial charge in [0.2, 0.25) is 5.72 Å². The Morgan fingerprint density at radius 3 is 1.51 bits per heavy atom. The number of esters is 1. The standard InChI is InChI=1S/C58H94N2O5/c1-5-7-9-11-13-15-17-19-21-23-24-25-27-29-31-33-35-37-43-55(61)64-49-51-48-52(60(62)63)47-50-44-45-58(65-56(50)51)57(3,4)53-41-38-39-42-54(53)59(58)46-40-36-34-32-30-28-26-22-20-18-16-14-12-10-8-6-2/h38-39,41-42,44-45,47-48H,5-37,40,43,46,49H2,1-4H3. The zero-order valence-electron chi connectivity index (χ0n) is 42.2. The maximum atomic E-state index is 13.0. The molecule has 7 nitrogen and oxygen atoms in total. The van der Waals surface area contributed by atoms with Crippen molar-refractivity contribution < 1.29 is 19.2 Å². The highest BCUT2D eigenvalue weighted by molar-refractivity contribution is 5.74. The number of non-ortho nitro benzene ring substituents is 1. The lowest BCUT2D eigenvalue weighted by Gasteiger charge is -2.47. The van der Waals surface area contributed by atoms with E-state index in [2.05, 4.69) is 62.9 Å². The van der Waals surface area contributed by atoms with Crippen molar-refractivity contribution in [1.82, 2.24) is 0 Å². The van der Waals surface area contributed by atoms with E-state index in [1.165, 1.54) is 210 Å². The van der Waals surface area contributed by atoms with Crippen molar-refractivity contribution in [3.8, 4) is 5.75 Å². The van der Waals surface area contributed by atoms with Crippen LogP contribution in [-0.2, 0) is 21.6 Å². The van der Waals surface area contributed by atoms with Crippen LogP contribution in [0.1, 0.15) is 269 Å². The Balaban J connectivity index is 1.19. The summed E-state index contributed by atoms with van der Waals surface area (Å²) < 4.78 is 13.0. The van der Waals surface area contributed by atoms with E-state index in [4.69, 9.17) is 9.47 Å². The van der Waals surface area contributed by atoms with Gasteiger partial charge in [-0.05, 0) is 50.5 Å². The Morgan fingerprint density at radius 2 is 1.05 bits per heavy atom. The number of carbonyl (C=O) groups excluding carboxylic acids is 1. The van der Waals surface area contributed by atoms with E-state index in [0.717, 1.165) is 32.2 Å². The zero-order valence-corrected chi connectivity index (χ0v) is 42.2. The predicted octanol–water partition coefficient (Wildman–Crippen LogP) is 18.2. The summed E-state index contributed by atoms with van der Waals surface area (Å²) in [5.74, 6) is 0.304. The van der Waals surface area contributed by atoms with Crippen LogP contribution in [0.4, 0.5) is 11.4 Å². The summed E-state index contributed by atoms with van der Waals surface area (Å²) in [6.07, 6.45) is 49.3. The first-order valence-corrected chi connectivity index (χ1v) is 27.5. The fraction of sp³-hybridized carbons (Fsp3) is 0.741. The summed E-state index contributed by atoms with van der Waals surface area (Å²) in [6, 6.07) is 11.7. The zero-order chi connectivity index (χ0) is 46.4. The van der Waals surface area contributed by atoms with Crippen LogP contribution < -0.4 is 9.64 Å². The van der Waals surface area contributed by atoms with Crippen molar-refractivity contribution in [2.45, 2.75) is 270 Å². The number of benzene rings is 2. The van der Waals surface area contributed by atoms with Crippen molar-refractivity contribution in [3.63, 3.8) is 0 Å². The maximum Gasteiger partial charge on any atom is 0.306 e. The second kappa shape index (κ2) is 31.6. The normalized spacial score (nSPS) is 15.9. The van der Waals surface area contributed by atoms with Gasteiger partial charge in [0, 0.05) is 41.9 Å². The largest absolute Gasteiger partial charge is 0.462 e. The molecule has 1 unspecified atom stereocenters. The SMILES string of the molecule is CCCCCCCCCCCCCCCCCCCCC(=O)OCc1cc([N+](=O)[O-])cc2c1OC1(C=C2)N(CCCCCCCCCCCCCCCCCC)c2ccccc2C1(C)C. The third-order valence-electron chi connectivity index (χ3n) is 14.7. The van der Waals surface area contributed by atoms with Gasteiger partial charge in [0.15, 0.2) is 0 Å². The minimum Gasteiger partial charge on any atom is -0.462 e. The molecular formula is C58H94N2O5. The average Bonchev–Trinajstić information content (AvgIpc) is 3.48. The minimum atomic E-state index is -0.832. The van der Waals surface area contributed by atoms with Crippen LogP contribution in [0.3, 0.4) is 0 Å². The van der Waals surface area contributed by atoms with Crippen LogP contribution in [-0.4, -0.2) is 23.2 Å². The lowest BCUT2D eigenvalue weighted by Crippen LogP contribution is -2.59. The number of ether oxygens (including phenoxy) is 2. The Hall–Kier alpha value is -3.35. The molecule has 2 aromatic carbocycles. The minimum absolute atomic E-state index is 0.0264. The highest BCUT2D eigenvalue weighted by Gasteiger charge is 2.58. The number of nitro groups is 1. The van der Waals surface area contributed by atoms with Gasteiger partial charge in [-0.3, -0.25) is 14.9 Å². The van der Waals surface area contributed by atoms with E-state index in [-0.39, 0.29) is 23.2 Å². The number of hydrogen-bond donors (Lipinski definition) is 0. The van der Waals surface area contributed by atoms with E-state index in [0.29, 0.717) is 23.3 Å². The van der Waals surface area contributed by atoms with Gasteiger partial charge in [-0.25, -0.2) is 0 Å². The van der Waals surface area contributed by atoms with Gasteiger partial charge in [0.25, 0.3) is 5.69 Å². The molecule has 1 spiro atoms. The quantitative estimate of drug-likeness (QED) is 0.0288. The molecule has 0 aromatic heterocycles. The molecule has 0 saturated carbocycles. The van der Waals surface area contributed by atoms with Gasteiger partial charge in [-0.2, -0.15) is 0 Å². The first-order chi connectivity index (χ1) is 31.7. The van der Waals surface area contributed by atoms with Crippen LogP contribution >= 0.6 is 0 Å². The number of fused-ring (bicyclic) bond motifs is 2. The molecule has 0 bridgehead atoms. The summed E-state index contributed by atoms with van der Waals surface area (Å²) in [7, 11) is 0. The Morgan fingerprint density at radius 1 is 0.615 bits per heavy atom. The van der Waals surface area contributed by atoms with Gasteiger partial charge >= 0.3 is 5.97 Å². The second-order valence-corrected chi connectivity index (χ2v) is 20.4. The topological polar surface area (TPSA) is 81.9 Å². The van der Waals surface area contributed by atoms with Crippen molar-refractivity contribution in [1.29, 1.82) is 0 Å². The number of rotatable bonds is 39. The second-order valence-electron chi connectivity index (χ2n) is 20.4. The van der Waals surface area contributed by atoms with Crippen molar-refractivity contribution in [2.75, 3.05) is 11.4 Å². The number of nitrogens with zero attached hydrogens (tertiary/aromatic N) is 2. The van der Waals surface area contributed by atoms with Gasteiger partial charge in [-0.15, -0.1) is 0 Å². The first-order valence-electron chi connectivity index (χ1n) is 27.5.